The van der Waals surface area contributed by atoms with Gasteiger partial charge in [0, 0.05) is 31.5 Å². The minimum Gasteiger partial charge on any atom is -0.363 e. The normalized spacial score (nSPS) is 13.8. The summed E-state index contributed by atoms with van der Waals surface area (Å²) in [5.41, 5.74) is 0.897. The fourth-order valence-electron chi connectivity index (χ4n) is 2.07. The standard InChI is InChI=1S/C14H27N3O2S/c1-5-7-12(3)17(4)20(18,19)14-9-13(16-11-14)10-15-8-6-2/h9,11-12,15-16H,5-8,10H2,1-4H3. The first-order valence-corrected chi connectivity index (χ1v) is 8.73. The maximum Gasteiger partial charge on any atom is 0.244 e. The van der Waals surface area contributed by atoms with E-state index in [9.17, 15) is 8.42 Å². The Morgan fingerprint density at radius 1 is 1.35 bits per heavy atom. The molecule has 20 heavy (non-hydrogen) atoms. The Kier molecular flexibility index (Phi) is 6.71. The van der Waals surface area contributed by atoms with Crippen molar-refractivity contribution in [3.8, 4) is 0 Å². The molecule has 1 unspecified atom stereocenters. The topological polar surface area (TPSA) is 65.2 Å². The van der Waals surface area contributed by atoms with Crippen LogP contribution < -0.4 is 5.32 Å². The number of hydrogen-bond donors (Lipinski definition) is 2. The van der Waals surface area contributed by atoms with E-state index in [0.29, 0.717) is 11.4 Å². The fourth-order valence-corrected chi connectivity index (χ4v) is 3.48. The van der Waals surface area contributed by atoms with Crippen LogP contribution in [0.15, 0.2) is 17.2 Å². The lowest BCUT2D eigenvalue weighted by atomic mass is 10.2. The number of sulfonamides is 1. The van der Waals surface area contributed by atoms with Gasteiger partial charge in [0.2, 0.25) is 10.0 Å². The molecule has 1 aromatic heterocycles. The summed E-state index contributed by atoms with van der Waals surface area (Å²) in [7, 11) is -1.75. The van der Waals surface area contributed by atoms with E-state index in [1.165, 1.54) is 4.31 Å². The molecule has 0 saturated carbocycles. The van der Waals surface area contributed by atoms with Crippen molar-refractivity contribution in [3.63, 3.8) is 0 Å². The molecule has 0 radical (unpaired) electrons. The van der Waals surface area contributed by atoms with Crippen molar-refractivity contribution in [2.24, 2.45) is 0 Å². The van der Waals surface area contributed by atoms with Crippen LogP contribution in [0.4, 0.5) is 0 Å². The molecule has 0 aliphatic heterocycles. The summed E-state index contributed by atoms with van der Waals surface area (Å²) < 4.78 is 26.4. The quantitative estimate of drug-likeness (QED) is 0.688. The second kappa shape index (κ2) is 7.81. The van der Waals surface area contributed by atoms with Gasteiger partial charge >= 0.3 is 0 Å². The lowest BCUT2D eigenvalue weighted by Gasteiger charge is -2.23. The zero-order chi connectivity index (χ0) is 15.2. The Bertz CT molecular complexity index is 496. The molecule has 1 aromatic rings. The highest BCUT2D eigenvalue weighted by molar-refractivity contribution is 7.89. The van der Waals surface area contributed by atoms with Gasteiger partial charge in [0.05, 0.1) is 4.90 Å². The van der Waals surface area contributed by atoms with Gasteiger partial charge in [-0.3, -0.25) is 0 Å². The Morgan fingerprint density at radius 3 is 2.65 bits per heavy atom. The van der Waals surface area contributed by atoms with Gasteiger partial charge in [0.25, 0.3) is 0 Å². The number of hydrogen-bond acceptors (Lipinski definition) is 3. The van der Waals surface area contributed by atoms with Gasteiger partial charge in [0.15, 0.2) is 0 Å². The average Bonchev–Trinajstić information content (AvgIpc) is 2.88. The Hall–Kier alpha value is -0.850. The third kappa shape index (κ3) is 4.33. The second-order valence-corrected chi connectivity index (χ2v) is 7.19. The van der Waals surface area contributed by atoms with Crippen LogP contribution >= 0.6 is 0 Å². The first-order chi connectivity index (χ1) is 9.43. The molecule has 0 spiro atoms. The van der Waals surface area contributed by atoms with E-state index in [2.05, 4.69) is 24.1 Å². The van der Waals surface area contributed by atoms with E-state index in [1.807, 2.05) is 6.92 Å². The SMILES string of the molecule is CCCNCc1cc(S(=O)(=O)N(C)C(C)CCC)c[nH]1. The summed E-state index contributed by atoms with van der Waals surface area (Å²) >= 11 is 0. The number of H-pyrrole nitrogens is 1. The van der Waals surface area contributed by atoms with Crippen LogP contribution in [0.2, 0.25) is 0 Å². The minimum absolute atomic E-state index is 0.0153. The number of aromatic nitrogens is 1. The Balaban J connectivity index is 2.77. The largest absolute Gasteiger partial charge is 0.363 e. The van der Waals surface area contributed by atoms with Crippen molar-refractivity contribution in [1.29, 1.82) is 0 Å². The lowest BCUT2D eigenvalue weighted by molar-refractivity contribution is 0.369. The van der Waals surface area contributed by atoms with Crippen LogP contribution in [0, 0.1) is 0 Å². The highest BCUT2D eigenvalue weighted by Gasteiger charge is 2.25. The number of nitrogens with one attached hydrogen (secondary N) is 2. The van der Waals surface area contributed by atoms with Crippen molar-refractivity contribution in [3.05, 3.63) is 18.0 Å². The van der Waals surface area contributed by atoms with Gasteiger partial charge in [-0.1, -0.05) is 20.3 Å². The zero-order valence-electron chi connectivity index (χ0n) is 12.9. The molecule has 1 rings (SSSR count). The monoisotopic (exact) mass is 301 g/mol. The van der Waals surface area contributed by atoms with Gasteiger partial charge in [-0.2, -0.15) is 4.31 Å². The molecule has 6 heteroatoms. The van der Waals surface area contributed by atoms with Crippen LogP contribution in [-0.4, -0.2) is 37.3 Å². The summed E-state index contributed by atoms with van der Waals surface area (Å²) in [6, 6.07) is 1.73. The molecule has 0 aliphatic carbocycles. The van der Waals surface area contributed by atoms with Crippen molar-refractivity contribution in [2.45, 2.75) is 57.5 Å². The van der Waals surface area contributed by atoms with Crippen molar-refractivity contribution < 1.29 is 8.42 Å². The number of rotatable bonds is 9. The maximum atomic E-state index is 12.5. The van der Waals surface area contributed by atoms with E-state index in [0.717, 1.165) is 31.5 Å². The van der Waals surface area contributed by atoms with Crippen LogP contribution in [0.5, 0.6) is 0 Å². The van der Waals surface area contributed by atoms with Gasteiger partial charge in [-0.15, -0.1) is 0 Å². The number of aromatic amines is 1. The molecule has 0 amide bonds. The van der Waals surface area contributed by atoms with E-state index < -0.39 is 10.0 Å². The average molecular weight is 301 g/mol. The third-order valence-electron chi connectivity index (χ3n) is 3.46. The van der Waals surface area contributed by atoms with E-state index in [-0.39, 0.29) is 6.04 Å². The van der Waals surface area contributed by atoms with Crippen LogP contribution in [0.25, 0.3) is 0 Å². The zero-order valence-corrected chi connectivity index (χ0v) is 13.8. The van der Waals surface area contributed by atoms with Gasteiger partial charge in [-0.25, -0.2) is 8.42 Å². The van der Waals surface area contributed by atoms with Crippen LogP contribution in [0.1, 0.15) is 45.7 Å². The smallest absolute Gasteiger partial charge is 0.244 e. The summed E-state index contributed by atoms with van der Waals surface area (Å²) in [5, 5.41) is 3.25. The van der Waals surface area contributed by atoms with Crippen molar-refractivity contribution in [1.82, 2.24) is 14.6 Å². The van der Waals surface area contributed by atoms with Gasteiger partial charge in [-0.05, 0) is 32.4 Å². The minimum atomic E-state index is -3.40. The molecule has 5 nitrogen and oxygen atoms in total. The van der Waals surface area contributed by atoms with Crippen molar-refractivity contribution in [2.75, 3.05) is 13.6 Å². The molecular formula is C14H27N3O2S. The predicted molar refractivity (Wildman–Crippen MR) is 82.1 cm³/mol. The predicted octanol–water partition coefficient (Wildman–Crippen LogP) is 2.32. The molecule has 0 bridgehead atoms. The van der Waals surface area contributed by atoms with E-state index >= 15 is 0 Å². The summed E-state index contributed by atoms with van der Waals surface area (Å²) in [4.78, 5) is 3.37. The molecule has 0 fully saturated rings. The summed E-state index contributed by atoms with van der Waals surface area (Å²) in [6.45, 7) is 7.69. The molecule has 0 aliphatic rings. The van der Waals surface area contributed by atoms with Gasteiger partial charge in [0.1, 0.15) is 0 Å². The second-order valence-electron chi connectivity index (χ2n) is 5.20. The summed E-state index contributed by atoms with van der Waals surface area (Å²) in [6.07, 6.45) is 4.47. The van der Waals surface area contributed by atoms with Crippen molar-refractivity contribution >= 4 is 10.0 Å². The summed E-state index contributed by atoms with van der Waals surface area (Å²) in [5.74, 6) is 0. The Labute approximate surface area is 122 Å². The lowest BCUT2D eigenvalue weighted by Crippen LogP contribution is -2.34. The first kappa shape index (κ1) is 17.2. The molecule has 116 valence electrons. The molecule has 1 heterocycles. The maximum absolute atomic E-state index is 12.5. The molecular weight excluding hydrogens is 274 g/mol. The molecule has 0 saturated heterocycles. The highest BCUT2D eigenvalue weighted by Crippen LogP contribution is 2.19. The third-order valence-corrected chi connectivity index (χ3v) is 5.41. The first-order valence-electron chi connectivity index (χ1n) is 7.29. The number of nitrogens with zero attached hydrogens (tertiary/aromatic N) is 1. The van der Waals surface area contributed by atoms with E-state index in [1.54, 1.807) is 19.3 Å². The fraction of sp³-hybridized carbons (Fsp3) is 0.714. The molecule has 2 N–H and O–H groups in total. The van der Waals surface area contributed by atoms with Crippen LogP contribution in [0.3, 0.4) is 0 Å². The molecule has 1 atom stereocenters. The Morgan fingerprint density at radius 2 is 2.05 bits per heavy atom. The highest BCUT2D eigenvalue weighted by atomic mass is 32.2. The van der Waals surface area contributed by atoms with Crippen LogP contribution in [-0.2, 0) is 16.6 Å². The van der Waals surface area contributed by atoms with Gasteiger partial charge < -0.3 is 10.3 Å². The molecule has 0 aromatic carbocycles. The van der Waals surface area contributed by atoms with E-state index in [4.69, 9.17) is 0 Å².